The summed E-state index contributed by atoms with van der Waals surface area (Å²) in [6.07, 6.45) is 9.35. The average molecular weight is 555 g/mol. The zero-order chi connectivity index (χ0) is 30.5. The first-order valence-electron chi connectivity index (χ1n) is 14.3. The van der Waals surface area contributed by atoms with E-state index in [9.17, 15) is 14.7 Å². The van der Waals surface area contributed by atoms with Crippen molar-refractivity contribution in [1.29, 1.82) is 0 Å². The van der Waals surface area contributed by atoms with Gasteiger partial charge in [0.2, 0.25) is 5.91 Å². The molecule has 218 valence electrons. The Labute approximate surface area is 246 Å². The first-order valence-corrected chi connectivity index (χ1v) is 14.3. The van der Waals surface area contributed by atoms with Crippen LogP contribution in [0.5, 0.6) is 0 Å². The van der Waals surface area contributed by atoms with Gasteiger partial charge in [-0.05, 0) is 73.4 Å². The third-order valence-electron chi connectivity index (χ3n) is 7.65. The van der Waals surface area contributed by atoms with Gasteiger partial charge in [-0.1, -0.05) is 100 Å². The zero-order valence-electron chi connectivity index (χ0n) is 25.6. The number of carboxylic acid groups (broad SMARTS) is 1. The fraction of sp³-hybridized carbons (Fsp3) is 0.361. The molecule has 0 aromatic heterocycles. The van der Waals surface area contributed by atoms with Crippen LogP contribution in [0.2, 0.25) is 0 Å². The Bertz CT molecular complexity index is 1300. The van der Waals surface area contributed by atoms with Crippen molar-refractivity contribution in [3.05, 3.63) is 119 Å². The summed E-state index contributed by atoms with van der Waals surface area (Å²) in [5, 5.41) is 9.74. The lowest BCUT2D eigenvalue weighted by Crippen LogP contribution is -2.50. The number of aryl methyl sites for hydroxylation is 2. The molecule has 1 heterocycles. The highest BCUT2D eigenvalue weighted by molar-refractivity contribution is 5.92. The molecule has 0 spiro atoms. The second-order valence-corrected chi connectivity index (χ2v) is 10.7. The first-order chi connectivity index (χ1) is 19.6. The summed E-state index contributed by atoms with van der Waals surface area (Å²) in [6.45, 7) is 20.3. The fourth-order valence-corrected chi connectivity index (χ4v) is 4.87. The third-order valence-corrected chi connectivity index (χ3v) is 7.65. The van der Waals surface area contributed by atoms with Crippen molar-refractivity contribution in [3.8, 4) is 0 Å². The van der Waals surface area contributed by atoms with Gasteiger partial charge in [0, 0.05) is 12.6 Å². The minimum atomic E-state index is -1.02. The molecule has 3 unspecified atom stereocenters. The molecule has 0 radical (unpaired) electrons. The van der Waals surface area contributed by atoms with Crippen molar-refractivity contribution in [2.24, 2.45) is 10.9 Å². The second-order valence-electron chi connectivity index (χ2n) is 10.7. The maximum atomic E-state index is 13.6. The van der Waals surface area contributed by atoms with E-state index < -0.39 is 17.9 Å². The number of aliphatic carboxylic acids is 1. The maximum Gasteiger partial charge on any atom is 0.326 e. The van der Waals surface area contributed by atoms with Gasteiger partial charge in [0.05, 0.1) is 18.2 Å². The number of carbonyl (C=O) groups is 2. The van der Waals surface area contributed by atoms with Crippen molar-refractivity contribution >= 4 is 18.1 Å². The lowest BCUT2D eigenvalue weighted by molar-refractivity contribution is -0.150. The van der Waals surface area contributed by atoms with Crippen LogP contribution in [-0.4, -0.2) is 40.7 Å². The normalized spacial score (nSPS) is 17.0. The van der Waals surface area contributed by atoms with Gasteiger partial charge in [-0.2, -0.15) is 0 Å². The van der Waals surface area contributed by atoms with Crippen LogP contribution >= 0.6 is 0 Å². The molecular weight excluding hydrogens is 508 g/mol. The van der Waals surface area contributed by atoms with E-state index in [1.54, 1.807) is 31.4 Å². The van der Waals surface area contributed by atoms with E-state index >= 15 is 0 Å². The fourth-order valence-electron chi connectivity index (χ4n) is 4.87. The summed E-state index contributed by atoms with van der Waals surface area (Å²) in [6, 6.07) is 15.2. The van der Waals surface area contributed by atoms with Gasteiger partial charge in [-0.15, -0.1) is 0 Å². The number of carboxylic acids is 1. The number of carbonyl (C=O) groups excluding carboxylic acids is 1. The molecule has 1 N–H and O–H groups in total. The van der Waals surface area contributed by atoms with Crippen LogP contribution in [0.1, 0.15) is 68.7 Å². The molecule has 0 bridgehead atoms. The SMILES string of the molecule is C=C/C=C(\C=C)C(C(=O)N1CC(N=CC)=C(C)CC1C(=O)O)c1ccccc1.CCC(C)Cc1ccc(C)c(C)c1. The van der Waals surface area contributed by atoms with E-state index in [-0.39, 0.29) is 18.9 Å². The molecule has 1 amide bonds. The Balaban J connectivity index is 0.000000377. The van der Waals surface area contributed by atoms with Crippen LogP contribution < -0.4 is 0 Å². The van der Waals surface area contributed by atoms with E-state index in [1.165, 1.54) is 34.4 Å². The predicted octanol–water partition coefficient (Wildman–Crippen LogP) is 8.01. The van der Waals surface area contributed by atoms with Gasteiger partial charge >= 0.3 is 5.97 Å². The van der Waals surface area contributed by atoms with Crippen molar-refractivity contribution in [2.75, 3.05) is 6.54 Å². The molecule has 0 saturated heterocycles. The predicted molar refractivity (Wildman–Crippen MR) is 171 cm³/mol. The van der Waals surface area contributed by atoms with Crippen LogP contribution in [0.3, 0.4) is 0 Å². The molecule has 1 aliphatic rings. The molecule has 3 rings (SSSR count). The highest BCUT2D eigenvalue weighted by Gasteiger charge is 2.38. The monoisotopic (exact) mass is 554 g/mol. The topological polar surface area (TPSA) is 70.0 Å². The highest BCUT2D eigenvalue weighted by atomic mass is 16.4. The number of amides is 1. The molecule has 2 aromatic carbocycles. The Morgan fingerprint density at radius 1 is 1.10 bits per heavy atom. The van der Waals surface area contributed by atoms with E-state index in [0.29, 0.717) is 5.57 Å². The third kappa shape index (κ3) is 9.28. The summed E-state index contributed by atoms with van der Waals surface area (Å²) < 4.78 is 0. The van der Waals surface area contributed by atoms with Gasteiger partial charge < -0.3 is 10.0 Å². The Morgan fingerprint density at radius 2 is 1.78 bits per heavy atom. The van der Waals surface area contributed by atoms with E-state index in [1.807, 2.05) is 37.3 Å². The number of hydrogen-bond donors (Lipinski definition) is 1. The molecular formula is C36H46N2O3. The number of nitrogens with zero attached hydrogens (tertiary/aromatic N) is 2. The van der Waals surface area contributed by atoms with Gasteiger partial charge in [-0.25, -0.2) is 4.79 Å². The van der Waals surface area contributed by atoms with Gasteiger partial charge in [0.1, 0.15) is 6.04 Å². The van der Waals surface area contributed by atoms with Crippen LogP contribution in [0.4, 0.5) is 0 Å². The lowest BCUT2D eigenvalue weighted by Gasteiger charge is -2.36. The minimum absolute atomic E-state index is 0.161. The van der Waals surface area contributed by atoms with E-state index in [2.05, 4.69) is 64.0 Å². The van der Waals surface area contributed by atoms with Crippen LogP contribution in [0.25, 0.3) is 0 Å². The Kier molecular flexibility index (Phi) is 13.2. The zero-order valence-corrected chi connectivity index (χ0v) is 25.6. The summed E-state index contributed by atoms with van der Waals surface area (Å²) in [5.74, 6) is -1.17. The molecule has 5 heteroatoms. The molecule has 41 heavy (non-hydrogen) atoms. The number of allylic oxidation sites excluding steroid dienone is 3. The van der Waals surface area contributed by atoms with Gasteiger partial charge in [-0.3, -0.25) is 9.79 Å². The molecule has 2 aromatic rings. The van der Waals surface area contributed by atoms with Crippen LogP contribution in [0, 0.1) is 19.8 Å². The smallest absolute Gasteiger partial charge is 0.326 e. The van der Waals surface area contributed by atoms with Crippen molar-refractivity contribution in [3.63, 3.8) is 0 Å². The Morgan fingerprint density at radius 3 is 2.32 bits per heavy atom. The second kappa shape index (κ2) is 16.3. The number of rotatable bonds is 10. The van der Waals surface area contributed by atoms with Crippen molar-refractivity contribution in [1.82, 2.24) is 4.90 Å². The van der Waals surface area contributed by atoms with Crippen molar-refractivity contribution in [2.45, 2.75) is 72.8 Å². The summed E-state index contributed by atoms with van der Waals surface area (Å²) >= 11 is 0. The van der Waals surface area contributed by atoms with Gasteiger partial charge in [0.15, 0.2) is 0 Å². The van der Waals surface area contributed by atoms with E-state index in [4.69, 9.17) is 0 Å². The summed E-state index contributed by atoms with van der Waals surface area (Å²) in [5.41, 5.74) is 7.36. The number of hydrogen-bond acceptors (Lipinski definition) is 3. The maximum absolute atomic E-state index is 13.6. The quantitative estimate of drug-likeness (QED) is 0.239. The molecule has 3 atom stereocenters. The molecule has 1 aliphatic heterocycles. The molecule has 0 fully saturated rings. The van der Waals surface area contributed by atoms with Crippen LogP contribution in [-0.2, 0) is 16.0 Å². The lowest BCUT2D eigenvalue weighted by atomic mass is 9.87. The van der Waals surface area contributed by atoms with Gasteiger partial charge in [0.25, 0.3) is 0 Å². The number of aliphatic imine (C=N–C) groups is 1. The molecule has 0 aliphatic carbocycles. The van der Waals surface area contributed by atoms with Crippen molar-refractivity contribution < 1.29 is 14.7 Å². The number of benzene rings is 2. The largest absolute Gasteiger partial charge is 0.480 e. The highest BCUT2D eigenvalue weighted by Crippen LogP contribution is 2.32. The van der Waals surface area contributed by atoms with Crippen LogP contribution in [0.15, 0.2) is 102 Å². The average Bonchev–Trinajstić information content (AvgIpc) is 2.96. The standard InChI is InChI=1S/C23H26N2O3.C13H20/c1-5-11-17(6-2)21(18-12-9-8-10-13-18)22(26)25-15-19(24-7-3)16(4)14-20(25)23(27)28;1-5-10(2)8-13-7-6-11(3)12(4)9-13/h5-13,20-21H,1-2,14-15H2,3-4H3,(H,27,28);6-7,9-10H,5,8H2,1-4H3/b17-11+,24-7?;. The summed E-state index contributed by atoms with van der Waals surface area (Å²) in [4.78, 5) is 31.3. The minimum Gasteiger partial charge on any atom is -0.480 e. The molecule has 0 saturated carbocycles. The first kappa shape index (κ1) is 33.2. The van der Waals surface area contributed by atoms with E-state index in [0.717, 1.165) is 22.8 Å². The summed E-state index contributed by atoms with van der Waals surface area (Å²) in [7, 11) is 0. The Hall–Kier alpha value is -3.99. The molecule has 5 nitrogen and oxygen atoms in total.